The Morgan fingerprint density at radius 2 is 1.50 bits per heavy atom. The van der Waals surface area contributed by atoms with E-state index in [-0.39, 0.29) is 30.4 Å². The van der Waals surface area contributed by atoms with Crippen molar-refractivity contribution in [2.45, 2.75) is 39.1 Å². The summed E-state index contributed by atoms with van der Waals surface area (Å²) in [5, 5.41) is 2.83. The zero-order valence-electron chi connectivity index (χ0n) is 20.1. The molecule has 7 heteroatoms. The number of carbonyl (C=O) groups excluding carboxylic acids is 1. The fraction of sp³-hybridized carbons (Fsp3) is 0.241. The maximum absolute atomic E-state index is 13.5. The van der Waals surface area contributed by atoms with E-state index in [1.54, 1.807) is 16.8 Å². The number of nitrogens with zero attached hydrogens (tertiary/aromatic N) is 3. The minimum Gasteiger partial charge on any atom is -0.350 e. The molecule has 0 aliphatic carbocycles. The number of nitrogens with one attached hydrogen (secondary N) is 1. The zero-order valence-corrected chi connectivity index (χ0v) is 20.1. The van der Waals surface area contributed by atoms with E-state index in [0.29, 0.717) is 25.1 Å². The molecule has 1 N–H and O–H groups in total. The molecule has 36 heavy (non-hydrogen) atoms. The van der Waals surface area contributed by atoms with Gasteiger partial charge in [-0.2, -0.15) is 0 Å². The number of carbonyl (C=O) groups is 1. The van der Waals surface area contributed by atoms with Gasteiger partial charge in [-0.1, -0.05) is 72.8 Å². The van der Waals surface area contributed by atoms with Crippen molar-refractivity contribution in [2.75, 3.05) is 6.54 Å². The van der Waals surface area contributed by atoms with Gasteiger partial charge in [0.15, 0.2) is 0 Å². The van der Waals surface area contributed by atoms with Crippen molar-refractivity contribution in [2.24, 2.45) is 0 Å². The molecule has 3 aromatic carbocycles. The molecule has 0 atom stereocenters. The number of fused-ring (bicyclic) bond motifs is 1. The molecule has 0 saturated carbocycles. The van der Waals surface area contributed by atoms with Crippen LogP contribution >= 0.6 is 0 Å². The molecule has 1 aliphatic rings. The first-order valence-electron chi connectivity index (χ1n) is 12.2. The molecule has 4 aromatic rings. The molecule has 5 rings (SSSR count). The van der Waals surface area contributed by atoms with Crippen LogP contribution in [0, 0.1) is 5.82 Å². The minimum absolute atomic E-state index is 0.0906. The summed E-state index contributed by atoms with van der Waals surface area (Å²) in [5.41, 5.74) is 4.60. The van der Waals surface area contributed by atoms with Crippen molar-refractivity contribution in [3.05, 3.63) is 129 Å². The van der Waals surface area contributed by atoms with E-state index < -0.39 is 0 Å². The number of rotatable bonds is 8. The van der Waals surface area contributed by atoms with Gasteiger partial charge in [0, 0.05) is 31.7 Å². The molecular formula is C29H29FN4O2. The standard InChI is InChI=1S/C29H29FN4O2/c30-25-13-7-12-24(16-25)17-31-28(35)21-34-29(36)26-14-15-32(18-22-8-3-1-4-9-22)20-27(26)33(34)19-23-10-5-2-6-11-23/h1-13,16H,14-15,17-21H2,(H,31,35). The molecule has 184 valence electrons. The molecule has 2 heterocycles. The number of hydrogen-bond acceptors (Lipinski definition) is 3. The maximum atomic E-state index is 13.5. The van der Waals surface area contributed by atoms with Crippen LogP contribution in [0.15, 0.2) is 89.7 Å². The second-order valence-electron chi connectivity index (χ2n) is 9.18. The molecular weight excluding hydrogens is 455 g/mol. The van der Waals surface area contributed by atoms with Crippen LogP contribution in [0.1, 0.15) is 27.9 Å². The molecule has 0 radical (unpaired) electrons. The molecule has 0 unspecified atom stereocenters. The molecule has 0 spiro atoms. The van der Waals surface area contributed by atoms with Crippen molar-refractivity contribution in [1.82, 2.24) is 19.6 Å². The van der Waals surface area contributed by atoms with Gasteiger partial charge in [-0.15, -0.1) is 0 Å². The molecule has 1 aromatic heterocycles. The van der Waals surface area contributed by atoms with E-state index in [1.165, 1.54) is 17.7 Å². The first-order chi connectivity index (χ1) is 17.6. The summed E-state index contributed by atoms with van der Waals surface area (Å²) < 4.78 is 17.0. The summed E-state index contributed by atoms with van der Waals surface area (Å²) in [7, 11) is 0. The highest BCUT2D eigenvalue weighted by Gasteiger charge is 2.27. The molecule has 0 fully saturated rings. The van der Waals surface area contributed by atoms with Crippen molar-refractivity contribution >= 4 is 5.91 Å². The van der Waals surface area contributed by atoms with Crippen molar-refractivity contribution in [1.29, 1.82) is 0 Å². The third kappa shape index (κ3) is 5.47. The summed E-state index contributed by atoms with van der Waals surface area (Å²) >= 11 is 0. The average molecular weight is 485 g/mol. The predicted molar refractivity (Wildman–Crippen MR) is 137 cm³/mol. The van der Waals surface area contributed by atoms with Gasteiger partial charge < -0.3 is 5.32 Å². The highest BCUT2D eigenvalue weighted by atomic mass is 19.1. The van der Waals surface area contributed by atoms with Gasteiger partial charge in [0.05, 0.1) is 12.2 Å². The SMILES string of the molecule is O=C(Cn1c(=O)c2c(n1Cc1ccccc1)CN(Cc1ccccc1)CC2)NCc1cccc(F)c1. The molecule has 6 nitrogen and oxygen atoms in total. The van der Waals surface area contributed by atoms with Gasteiger partial charge >= 0.3 is 0 Å². The van der Waals surface area contributed by atoms with Crippen LogP contribution in [0.5, 0.6) is 0 Å². The largest absolute Gasteiger partial charge is 0.350 e. The zero-order chi connectivity index (χ0) is 24.9. The monoisotopic (exact) mass is 484 g/mol. The van der Waals surface area contributed by atoms with Gasteiger partial charge in [0.2, 0.25) is 5.91 Å². The van der Waals surface area contributed by atoms with Gasteiger partial charge in [-0.05, 0) is 35.2 Å². The van der Waals surface area contributed by atoms with Gasteiger partial charge in [0.1, 0.15) is 12.4 Å². The topological polar surface area (TPSA) is 59.3 Å². The Bertz CT molecular complexity index is 1400. The third-order valence-corrected chi connectivity index (χ3v) is 6.59. The van der Waals surface area contributed by atoms with Crippen molar-refractivity contribution < 1.29 is 9.18 Å². The lowest BCUT2D eigenvalue weighted by molar-refractivity contribution is -0.122. The predicted octanol–water partition coefficient (Wildman–Crippen LogP) is 3.71. The van der Waals surface area contributed by atoms with Crippen LogP contribution in [0.25, 0.3) is 0 Å². The summed E-state index contributed by atoms with van der Waals surface area (Å²) in [6.07, 6.45) is 0.647. The van der Waals surface area contributed by atoms with Crippen molar-refractivity contribution in [3.63, 3.8) is 0 Å². The molecule has 1 aliphatic heterocycles. The Hall–Kier alpha value is -3.97. The van der Waals surface area contributed by atoms with Crippen LogP contribution in [0.2, 0.25) is 0 Å². The van der Waals surface area contributed by atoms with Crippen LogP contribution in [0.4, 0.5) is 4.39 Å². The first kappa shape index (κ1) is 23.8. The van der Waals surface area contributed by atoms with Crippen LogP contribution in [0.3, 0.4) is 0 Å². The second kappa shape index (κ2) is 10.7. The number of aromatic nitrogens is 2. The molecule has 1 amide bonds. The lowest BCUT2D eigenvalue weighted by atomic mass is 10.1. The van der Waals surface area contributed by atoms with E-state index in [1.807, 2.05) is 53.2 Å². The van der Waals surface area contributed by atoms with E-state index in [2.05, 4.69) is 22.3 Å². The Labute approximate surface area is 209 Å². The summed E-state index contributed by atoms with van der Waals surface area (Å²) in [6, 6.07) is 26.4. The average Bonchev–Trinajstić information content (AvgIpc) is 3.14. The Morgan fingerprint density at radius 3 is 2.19 bits per heavy atom. The lowest BCUT2D eigenvalue weighted by Gasteiger charge is -2.28. The fourth-order valence-electron chi connectivity index (χ4n) is 4.79. The van der Waals surface area contributed by atoms with Gasteiger partial charge in [-0.3, -0.25) is 19.2 Å². The Kier molecular flexibility index (Phi) is 7.09. The van der Waals surface area contributed by atoms with Gasteiger partial charge in [0.25, 0.3) is 5.56 Å². The quantitative estimate of drug-likeness (QED) is 0.415. The number of amides is 1. The highest BCUT2D eigenvalue weighted by molar-refractivity contribution is 5.75. The van der Waals surface area contributed by atoms with E-state index in [9.17, 15) is 14.0 Å². The Balaban J connectivity index is 1.39. The number of benzene rings is 3. The number of halogens is 1. The van der Waals surface area contributed by atoms with Gasteiger partial charge in [-0.25, -0.2) is 9.07 Å². The minimum atomic E-state index is -0.345. The summed E-state index contributed by atoms with van der Waals surface area (Å²) in [6.45, 7) is 2.85. The van der Waals surface area contributed by atoms with Crippen molar-refractivity contribution in [3.8, 4) is 0 Å². The van der Waals surface area contributed by atoms with E-state index >= 15 is 0 Å². The third-order valence-electron chi connectivity index (χ3n) is 6.59. The Morgan fingerprint density at radius 1 is 0.833 bits per heavy atom. The highest BCUT2D eigenvalue weighted by Crippen LogP contribution is 2.20. The lowest BCUT2D eigenvalue weighted by Crippen LogP contribution is -2.34. The maximum Gasteiger partial charge on any atom is 0.270 e. The fourth-order valence-corrected chi connectivity index (χ4v) is 4.79. The first-order valence-corrected chi connectivity index (χ1v) is 12.2. The van der Waals surface area contributed by atoms with Crippen LogP contribution in [-0.4, -0.2) is 26.7 Å². The number of hydrogen-bond donors (Lipinski definition) is 1. The van der Waals surface area contributed by atoms with E-state index in [4.69, 9.17) is 0 Å². The second-order valence-corrected chi connectivity index (χ2v) is 9.18. The smallest absolute Gasteiger partial charge is 0.270 e. The molecule has 0 bridgehead atoms. The van der Waals surface area contributed by atoms with Crippen LogP contribution < -0.4 is 10.9 Å². The normalized spacial score (nSPS) is 13.4. The van der Waals surface area contributed by atoms with Crippen LogP contribution in [-0.2, 0) is 43.9 Å². The summed E-state index contributed by atoms with van der Waals surface area (Å²) in [4.78, 5) is 28.6. The summed E-state index contributed by atoms with van der Waals surface area (Å²) in [5.74, 6) is -0.630. The molecule has 0 saturated heterocycles. The van der Waals surface area contributed by atoms with E-state index in [0.717, 1.165) is 29.9 Å².